The molecule has 5 rings (SSSR count). The normalized spacial score (nSPS) is 11.5. The summed E-state index contributed by atoms with van der Waals surface area (Å²) in [4.78, 5) is 8.54. The number of aryl methyl sites for hydroxylation is 1. The number of hydrogen-bond donors (Lipinski definition) is 1. The van der Waals surface area contributed by atoms with Crippen LogP contribution in [0.3, 0.4) is 0 Å². The van der Waals surface area contributed by atoms with Crippen LogP contribution in [0.5, 0.6) is 5.88 Å². The van der Waals surface area contributed by atoms with Crippen LogP contribution in [-0.4, -0.2) is 24.2 Å². The molecule has 0 aliphatic heterocycles. The number of pyridine rings is 1. The predicted octanol–water partition coefficient (Wildman–Crippen LogP) is 4.48. The number of imidazole rings is 1. The minimum Gasteiger partial charge on any atom is -0.494 e. The molecule has 2 aromatic carbocycles. The molecule has 3 aromatic heterocycles. The fourth-order valence-corrected chi connectivity index (χ4v) is 3.54. The lowest BCUT2D eigenvalue weighted by Gasteiger charge is -2.09. The minimum atomic E-state index is -0.312. The van der Waals surface area contributed by atoms with Crippen molar-refractivity contribution in [1.82, 2.24) is 19.1 Å². The van der Waals surface area contributed by atoms with Crippen molar-refractivity contribution in [2.24, 2.45) is 7.05 Å². The van der Waals surface area contributed by atoms with Crippen molar-refractivity contribution in [1.29, 1.82) is 0 Å². The van der Waals surface area contributed by atoms with Crippen molar-refractivity contribution in [3.63, 3.8) is 0 Å². The van der Waals surface area contributed by atoms with E-state index in [-0.39, 0.29) is 18.2 Å². The van der Waals surface area contributed by atoms with Crippen molar-refractivity contribution >= 4 is 21.9 Å². The van der Waals surface area contributed by atoms with Crippen LogP contribution >= 0.6 is 0 Å². The third kappa shape index (κ3) is 2.62. The summed E-state index contributed by atoms with van der Waals surface area (Å²) in [5.74, 6) is -0.221. The third-order valence-corrected chi connectivity index (χ3v) is 5.08. The summed E-state index contributed by atoms with van der Waals surface area (Å²) in [6.45, 7) is 0.231. The highest BCUT2D eigenvalue weighted by Crippen LogP contribution is 2.29. The molecular weight excluding hydrogens is 355 g/mol. The summed E-state index contributed by atoms with van der Waals surface area (Å²) >= 11 is 0. The third-order valence-electron chi connectivity index (χ3n) is 5.08. The topological polar surface area (TPSA) is 55.9 Å². The average Bonchev–Trinajstić information content (AvgIpc) is 3.24. The fourth-order valence-electron chi connectivity index (χ4n) is 3.54. The van der Waals surface area contributed by atoms with Gasteiger partial charge in [0.25, 0.3) is 0 Å². The molecule has 0 radical (unpaired) electrons. The fraction of sp³-hybridized carbons (Fsp3) is 0.0909. The van der Waals surface area contributed by atoms with Gasteiger partial charge in [0, 0.05) is 25.0 Å². The zero-order valence-corrected chi connectivity index (χ0v) is 15.2. The molecule has 1 N–H and O–H groups in total. The van der Waals surface area contributed by atoms with Gasteiger partial charge in [-0.15, -0.1) is 0 Å². The van der Waals surface area contributed by atoms with E-state index in [4.69, 9.17) is 0 Å². The number of fused-ring (bicyclic) bond motifs is 2. The number of aromatic hydroxyl groups is 1. The quantitative estimate of drug-likeness (QED) is 0.508. The minimum absolute atomic E-state index is 0.0910. The number of nitrogens with zero attached hydrogens (tertiary/aromatic N) is 4. The second-order valence-electron chi connectivity index (χ2n) is 6.88. The largest absolute Gasteiger partial charge is 0.494 e. The molecule has 0 atom stereocenters. The number of benzene rings is 2. The van der Waals surface area contributed by atoms with Gasteiger partial charge in [-0.25, -0.2) is 9.37 Å². The first kappa shape index (κ1) is 16.5. The Morgan fingerprint density at radius 2 is 1.82 bits per heavy atom. The molecule has 3 heterocycles. The smallest absolute Gasteiger partial charge is 0.201 e. The Kier molecular flexibility index (Phi) is 3.65. The van der Waals surface area contributed by atoms with E-state index in [9.17, 15) is 9.50 Å². The van der Waals surface area contributed by atoms with Gasteiger partial charge in [0.05, 0.1) is 34.8 Å². The van der Waals surface area contributed by atoms with Gasteiger partial charge >= 0.3 is 0 Å². The average molecular weight is 372 g/mol. The molecule has 0 saturated heterocycles. The first-order chi connectivity index (χ1) is 13.6. The second kappa shape index (κ2) is 6.20. The van der Waals surface area contributed by atoms with E-state index in [0.29, 0.717) is 16.5 Å². The Morgan fingerprint density at radius 1 is 1.00 bits per heavy atom. The van der Waals surface area contributed by atoms with Crippen LogP contribution in [0.25, 0.3) is 33.1 Å². The molecule has 6 heteroatoms. The molecule has 0 unspecified atom stereocenters. The van der Waals surface area contributed by atoms with E-state index < -0.39 is 0 Å². The first-order valence-electron chi connectivity index (χ1n) is 8.93. The molecular formula is C22H17FN4O. The SMILES string of the molecule is Cn1cnc2ccc(-c3ccc(Cn4cc5ncccc5c4O)c(F)c3)cc21. The van der Waals surface area contributed by atoms with Gasteiger partial charge in [0.1, 0.15) is 5.82 Å². The number of halogens is 1. The Bertz CT molecular complexity index is 1340. The van der Waals surface area contributed by atoms with E-state index in [1.165, 1.54) is 6.07 Å². The van der Waals surface area contributed by atoms with Crippen LogP contribution in [0.4, 0.5) is 4.39 Å². The van der Waals surface area contributed by atoms with Crippen molar-refractivity contribution in [3.05, 3.63) is 78.6 Å². The molecule has 0 bridgehead atoms. The first-order valence-corrected chi connectivity index (χ1v) is 8.93. The molecule has 0 aliphatic carbocycles. The van der Waals surface area contributed by atoms with Crippen LogP contribution in [0.1, 0.15) is 5.56 Å². The summed E-state index contributed by atoms with van der Waals surface area (Å²) in [7, 11) is 1.94. The number of rotatable bonds is 3. The summed E-state index contributed by atoms with van der Waals surface area (Å²) in [5, 5.41) is 11.0. The highest BCUT2D eigenvalue weighted by Gasteiger charge is 2.12. The lowest BCUT2D eigenvalue weighted by atomic mass is 10.0. The second-order valence-corrected chi connectivity index (χ2v) is 6.88. The molecule has 0 aliphatic rings. The molecule has 5 aromatic rings. The number of hydrogen-bond acceptors (Lipinski definition) is 3. The lowest BCUT2D eigenvalue weighted by Crippen LogP contribution is -2.00. The van der Waals surface area contributed by atoms with Gasteiger partial charge in [-0.1, -0.05) is 18.2 Å². The Balaban J connectivity index is 1.50. The van der Waals surface area contributed by atoms with Crippen LogP contribution in [-0.2, 0) is 13.6 Å². The van der Waals surface area contributed by atoms with E-state index in [2.05, 4.69) is 9.97 Å². The van der Waals surface area contributed by atoms with E-state index in [0.717, 1.165) is 22.2 Å². The van der Waals surface area contributed by atoms with Crippen LogP contribution in [0, 0.1) is 5.82 Å². The van der Waals surface area contributed by atoms with E-state index >= 15 is 0 Å². The molecule has 0 spiro atoms. The predicted molar refractivity (Wildman–Crippen MR) is 107 cm³/mol. The molecule has 0 saturated carbocycles. The van der Waals surface area contributed by atoms with Gasteiger partial charge in [-0.3, -0.25) is 4.98 Å². The van der Waals surface area contributed by atoms with Crippen molar-refractivity contribution in [2.45, 2.75) is 6.54 Å². The molecule has 5 nitrogen and oxygen atoms in total. The standard InChI is InChI=1S/C22H17FN4O/c1-26-13-25-19-7-6-15(10-21(19)26)14-4-5-16(18(23)9-14)11-27-12-20-17(22(27)28)3-2-8-24-20/h2-10,12-13,28H,11H2,1H3. The highest BCUT2D eigenvalue weighted by atomic mass is 19.1. The lowest BCUT2D eigenvalue weighted by molar-refractivity contribution is 0.428. The van der Waals surface area contributed by atoms with Crippen LogP contribution in [0.2, 0.25) is 0 Å². The molecule has 0 fully saturated rings. The van der Waals surface area contributed by atoms with Gasteiger partial charge < -0.3 is 14.2 Å². The molecule has 28 heavy (non-hydrogen) atoms. The maximum Gasteiger partial charge on any atom is 0.201 e. The summed E-state index contributed by atoms with van der Waals surface area (Å²) in [6, 6.07) is 14.6. The summed E-state index contributed by atoms with van der Waals surface area (Å²) in [5.41, 5.74) is 4.82. The Morgan fingerprint density at radius 3 is 2.64 bits per heavy atom. The molecule has 0 amide bonds. The van der Waals surface area contributed by atoms with Gasteiger partial charge in [-0.05, 0) is 41.5 Å². The maximum atomic E-state index is 14.8. The zero-order chi connectivity index (χ0) is 19.3. The van der Waals surface area contributed by atoms with Crippen LogP contribution in [0.15, 0.2) is 67.3 Å². The maximum absolute atomic E-state index is 14.8. The zero-order valence-electron chi connectivity index (χ0n) is 15.2. The van der Waals surface area contributed by atoms with Gasteiger partial charge in [-0.2, -0.15) is 0 Å². The van der Waals surface area contributed by atoms with Crippen LogP contribution < -0.4 is 0 Å². The summed E-state index contributed by atoms with van der Waals surface area (Å²) < 4.78 is 18.4. The highest BCUT2D eigenvalue weighted by molar-refractivity contribution is 5.84. The van der Waals surface area contributed by atoms with Crippen molar-refractivity contribution in [2.75, 3.05) is 0 Å². The van der Waals surface area contributed by atoms with Crippen molar-refractivity contribution in [3.8, 4) is 17.0 Å². The van der Waals surface area contributed by atoms with E-state index in [1.807, 2.05) is 35.9 Å². The van der Waals surface area contributed by atoms with E-state index in [1.54, 1.807) is 41.5 Å². The van der Waals surface area contributed by atoms with Gasteiger partial charge in [0.15, 0.2) is 0 Å². The molecule has 138 valence electrons. The van der Waals surface area contributed by atoms with Gasteiger partial charge in [0.2, 0.25) is 5.88 Å². The summed E-state index contributed by atoms with van der Waals surface area (Å²) in [6.07, 6.45) is 5.16. The monoisotopic (exact) mass is 372 g/mol. The Hall–Kier alpha value is -3.67. The Labute approximate surface area is 160 Å². The van der Waals surface area contributed by atoms with Crippen molar-refractivity contribution < 1.29 is 9.50 Å². The number of aromatic nitrogens is 4.